The fourth-order valence-corrected chi connectivity index (χ4v) is 1.79. The van der Waals surface area contributed by atoms with Crippen LogP contribution in [-0.2, 0) is 9.59 Å². The number of nitrogens with two attached hydrogens (primary N) is 2. The van der Waals surface area contributed by atoms with Gasteiger partial charge in [0.2, 0.25) is 5.91 Å². The molecule has 10 N–H and O–H groups in total. The fourth-order valence-electron chi connectivity index (χ4n) is 1.79. The normalized spacial score (nSPS) is 15.9. The molecule has 146 valence electrons. The van der Waals surface area contributed by atoms with Gasteiger partial charge in [-0.3, -0.25) is 10.2 Å². The lowest BCUT2D eigenvalue weighted by molar-refractivity contribution is -0.140. The second-order valence-corrected chi connectivity index (χ2v) is 5.71. The molecule has 4 unspecified atom stereocenters. The van der Waals surface area contributed by atoms with Crippen molar-refractivity contribution in [1.29, 1.82) is 0 Å². The van der Waals surface area contributed by atoms with Crippen molar-refractivity contribution in [3.8, 4) is 0 Å². The third kappa shape index (κ3) is 10.5. The number of aliphatic carboxylic acids is 1. The van der Waals surface area contributed by atoms with E-state index in [1.165, 1.54) is 0 Å². The van der Waals surface area contributed by atoms with Crippen LogP contribution in [0.2, 0.25) is 0 Å². The van der Waals surface area contributed by atoms with E-state index in [9.17, 15) is 19.5 Å². The standard InChI is InChI=1S/C13H28N6O6/c1-7(21)9(14)5-19(2)16-4-8(3-11(15)22)17-13(25)18-10(6-20)12(23)24/h7-10,16,20-21H,3-6,14H2,1-2H3,(H2,15,22)(H,23,24)(H2,17,18,25). The van der Waals surface area contributed by atoms with E-state index in [1.54, 1.807) is 19.0 Å². The SMILES string of the molecule is CC(O)C(N)CN(C)NCC(CC(N)=O)NC(=O)NC(CO)C(=O)O. The molecule has 4 atom stereocenters. The number of rotatable bonds is 12. The van der Waals surface area contributed by atoms with E-state index in [1.807, 2.05) is 0 Å². The molecule has 0 heterocycles. The van der Waals surface area contributed by atoms with E-state index < -0.39 is 48.7 Å². The molecule has 0 aromatic carbocycles. The topological polar surface area (TPSA) is 203 Å². The van der Waals surface area contributed by atoms with Crippen molar-refractivity contribution in [2.24, 2.45) is 11.5 Å². The molecule has 0 fully saturated rings. The van der Waals surface area contributed by atoms with Gasteiger partial charge in [0, 0.05) is 32.6 Å². The lowest BCUT2D eigenvalue weighted by Crippen LogP contribution is -2.55. The highest BCUT2D eigenvalue weighted by Crippen LogP contribution is 1.94. The summed E-state index contributed by atoms with van der Waals surface area (Å²) in [6, 6.07) is -3.55. The third-order valence-electron chi connectivity index (χ3n) is 3.28. The number of nitrogens with zero attached hydrogens (tertiary/aromatic N) is 1. The molecule has 3 amide bonds. The number of aliphatic hydroxyl groups is 2. The van der Waals surface area contributed by atoms with Crippen LogP contribution in [0.5, 0.6) is 0 Å². The molecule has 0 saturated carbocycles. The number of carbonyl (C=O) groups excluding carboxylic acids is 2. The van der Waals surface area contributed by atoms with Crippen LogP contribution in [-0.4, -0.2) is 89.2 Å². The number of hydrogen-bond acceptors (Lipinski definition) is 8. The summed E-state index contributed by atoms with van der Waals surface area (Å²) in [7, 11) is 1.66. The average molecular weight is 364 g/mol. The van der Waals surface area contributed by atoms with E-state index in [0.29, 0.717) is 6.54 Å². The number of likely N-dealkylation sites (N-methyl/N-ethyl adjacent to an activating group) is 1. The van der Waals surface area contributed by atoms with Crippen LogP contribution >= 0.6 is 0 Å². The first-order valence-corrected chi connectivity index (χ1v) is 7.64. The number of carbonyl (C=O) groups is 3. The number of nitrogens with one attached hydrogen (secondary N) is 3. The second-order valence-electron chi connectivity index (χ2n) is 5.71. The molecule has 25 heavy (non-hydrogen) atoms. The van der Waals surface area contributed by atoms with Crippen LogP contribution in [0, 0.1) is 0 Å². The number of primary amides is 1. The zero-order valence-electron chi connectivity index (χ0n) is 14.3. The van der Waals surface area contributed by atoms with E-state index >= 15 is 0 Å². The summed E-state index contributed by atoms with van der Waals surface area (Å²) >= 11 is 0. The van der Waals surface area contributed by atoms with Crippen LogP contribution in [0.25, 0.3) is 0 Å². The van der Waals surface area contributed by atoms with Gasteiger partial charge in [-0.25, -0.2) is 14.6 Å². The summed E-state index contributed by atoms with van der Waals surface area (Å²) in [5.41, 5.74) is 13.7. The molecule has 0 aliphatic carbocycles. The highest BCUT2D eigenvalue weighted by Gasteiger charge is 2.22. The maximum absolute atomic E-state index is 11.8. The summed E-state index contributed by atoms with van der Waals surface area (Å²) in [5, 5.41) is 33.1. The summed E-state index contributed by atoms with van der Waals surface area (Å²) < 4.78 is 0. The first kappa shape index (κ1) is 23.0. The smallest absolute Gasteiger partial charge is 0.328 e. The van der Waals surface area contributed by atoms with Crippen molar-refractivity contribution in [2.45, 2.75) is 37.6 Å². The number of carboxylic acids is 1. The van der Waals surface area contributed by atoms with Gasteiger partial charge in [0.05, 0.1) is 18.8 Å². The Labute approximate surface area is 145 Å². The van der Waals surface area contributed by atoms with Gasteiger partial charge < -0.3 is 37.4 Å². The average Bonchev–Trinajstić information content (AvgIpc) is 2.49. The van der Waals surface area contributed by atoms with Gasteiger partial charge in [-0.05, 0) is 6.92 Å². The van der Waals surface area contributed by atoms with Gasteiger partial charge in [-0.1, -0.05) is 0 Å². The van der Waals surface area contributed by atoms with Crippen molar-refractivity contribution in [1.82, 2.24) is 21.1 Å². The Balaban J connectivity index is 4.56. The molecule has 0 rings (SSSR count). The van der Waals surface area contributed by atoms with Crippen LogP contribution in [0.3, 0.4) is 0 Å². The molecular formula is C13H28N6O6. The zero-order valence-corrected chi connectivity index (χ0v) is 14.3. The van der Waals surface area contributed by atoms with Gasteiger partial charge in [0.1, 0.15) is 0 Å². The van der Waals surface area contributed by atoms with Crippen LogP contribution in [0.4, 0.5) is 4.79 Å². The van der Waals surface area contributed by atoms with Crippen molar-refractivity contribution in [3.05, 3.63) is 0 Å². The minimum Gasteiger partial charge on any atom is -0.480 e. The Kier molecular flexibility index (Phi) is 10.6. The minimum atomic E-state index is -1.46. The summed E-state index contributed by atoms with van der Waals surface area (Å²) in [6.07, 6.45) is -0.894. The number of aliphatic hydroxyl groups excluding tert-OH is 2. The number of urea groups is 1. The Hall–Kier alpha value is -1.99. The molecule has 0 bridgehead atoms. The number of hydrogen-bond donors (Lipinski definition) is 8. The quantitative estimate of drug-likeness (QED) is 0.159. The molecule has 0 radical (unpaired) electrons. The highest BCUT2D eigenvalue weighted by atomic mass is 16.4. The fraction of sp³-hybridized carbons (Fsp3) is 0.769. The van der Waals surface area contributed by atoms with E-state index in [0.717, 1.165) is 0 Å². The van der Waals surface area contributed by atoms with Gasteiger partial charge >= 0.3 is 12.0 Å². The maximum Gasteiger partial charge on any atom is 0.328 e. The monoisotopic (exact) mass is 364 g/mol. The highest BCUT2D eigenvalue weighted by molar-refractivity contribution is 5.83. The predicted molar refractivity (Wildman–Crippen MR) is 88.1 cm³/mol. The molecule has 0 aromatic rings. The lowest BCUT2D eigenvalue weighted by atomic mass is 10.2. The predicted octanol–water partition coefficient (Wildman–Crippen LogP) is -3.88. The van der Waals surface area contributed by atoms with Gasteiger partial charge in [-0.2, -0.15) is 0 Å². The third-order valence-corrected chi connectivity index (χ3v) is 3.28. The first-order chi connectivity index (χ1) is 11.6. The van der Waals surface area contributed by atoms with Crippen molar-refractivity contribution in [2.75, 3.05) is 26.7 Å². The number of amides is 3. The molecular weight excluding hydrogens is 336 g/mol. The summed E-state index contributed by atoms with van der Waals surface area (Å²) in [6.45, 7) is 1.19. The number of hydrazine groups is 1. The van der Waals surface area contributed by atoms with E-state index in [4.69, 9.17) is 21.7 Å². The maximum atomic E-state index is 11.8. The molecule has 12 heteroatoms. The van der Waals surface area contributed by atoms with E-state index in [-0.39, 0.29) is 13.0 Å². The van der Waals surface area contributed by atoms with Crippen molar-refractivity contribution >= 4 is 17.9 Å². The Morgan fingerprint density at radius 3 is 2.28 bits per heavy atom. The second kappa shape index (κ2) is 11.5. The minimum absolute atomic E-state index is 0.107. The Morgan fingerprint density at radius 2 is 1.84 bits per heavy atom. The van der Waals surface area contributed by atoms with Crippen LogP contribution in [0.1, 0.15) is 13.3 Å². The molecule has 0 aliphatic rings. The molecule has 0 spiro atoms. The first-order valence-electron chi connectivity index (χ1n) is 7.64. The van der Waals surface area contributed by atoms with Crippen molar-refractivity contribution in [3.63, 3.8) is 0 Å². The van der Waals surface area contributed by atoms with E-state index in [2.05, 4.69) is 16.1 Å². The molecule has 0 aromatic heterocycles. The van der Waals surface area contributed by atoms with Gasteiger partial charge in [0.25, 0.3) is 0 Å². The summed E-state index contributed by atoms with van der Waals surface area (Å²) in [5.74, 6) is -2.05. The Morgan fingerprint density at radius 1 is 1.24 bits per heavy atom. The number of carboxylic acid groups (broad SMARTS) is 1. The van der Waals surface area contributed by atoms with Crippen LogP contribution in [0.15, 0.2) is 0 Å². The van der Waals surface area contributed by atoms with Gasteiger partial charge in [-0.15, -0.1) is 0 Å². The molecule has 0 saturated heterocycles. The lowest BCUT2D eigenvalue weighted by Gasteiger charge is -2.26. The zero-order chi connectivity index (χ0) is 19.6. The van der Waals surface area contributed by atoms with Crippen molar-refractivity contribution < 1.29 is 29.7 Å². The van der Waals surface area contributed by atoms with Crippen LogP contribution < -0.4 is 27.5 Å². The summed E-state index contributed by atoms with van der Waals surface area (Å²) in [4.78, 5) is 33.7. The molecule has 0 aliphatic heterocycles. The van der Waals surface area contributed by atoms with Gasteiger partial charge in [0.15, 0.2) is 6.04 Å². The largest absolute Gasteiger partial charge is 0.480 e. The molecule has 12 nitrogen and oxygen atoms in total. The Bertz CT molecular complexity index is 449.